The van der Waals surface area contributed by atoms with Gasteiger partial charge in [0.05, 0.1) is 4.91 Å². The summed E-state index contributed by atoms with van der Waals surface area (Å²) < 4.78 is 0.490. The van der Waals surface area contributed by atoms with E-state index in [-0.39, 0.29) is 30.2 Å². The molecule has 4 nitrogen and oxygen atoms in total. The van der Waals surface area contributed by atoms with Crippen LogP contribution in [0.2, 0.25) is 0 Å². The molecule has 0 aromatic heterocycles. The second-order valence-corrected chi connectivity index (χ2v) is 10.2. The van der Waals surface area contributed by atoms with E-state index in [0.29, 0.717) is 9.23 Å². The van der Waals surface area contributed by atoms with Crippen LogP contribution < -0.4 is 5.32 Å². The van der Waals surface area contributed by atoms with Crippen molar-refractivity contribution in [3.8, 4) is 0 Å². The molecule has 2 amide bonds. The number of nitrogens with zero attached hydrogens (tertiary/aromatic N) is 1. The van der Waals surface area contributed by atoms with Gasteiger partial charge in [-0.2, -0.15) is 0 Å². The fraction of sp³-hybridized carbons (Fsp3) is 0.320. The molecule has 6 heteroatoms. The molecule has 1 N–H and O–H groups in total. The first-order valence-corrected chi connectivity index (χ1v) is 11.6. The zero-order valence-corrected chi connectivity index (χ0v) is 20.0. The number of rotatable bonds is 6. The molecule has 1 aliphatic heterocycles. The first-order valence-electron chi connectivity index (χ1n) is 10.4. The fourth-order valence-electron chi connectivity index (χ4n) is 3.19. The van der Waals surface area contributed by atoms with Crippen LogP contribution in [-0.4, -0.2) is 27.6 Å². The molecule has 162 valence electrons. The summed E-state index contributed by atoms with van der Waals surface area (Å²) in [6.45, 7) is 8.78. The highest BCUT2D eigenvalue weighted by Gasteiger charge is 2.32. The highest BCUT2D eigenvalue weighted by Crippen LogP contribution is 2.32. The summed E-state index contributed by atoms with van der Waals surface area (Å²) in [6, 6.07) is 16.0. The average Bonchev–Trinajstić information content (AvgIpc) is 2.99. The molecule has 0 saturated carbocycles. The lowest BCUT2D eigenvalue weighted by molar-refractivity contribution is -0.122. The van der Waals surface area contributed by atoms with Crippen LogP contribution in [0.5, 0.6) is 0 Å². The molecular formula is C25H28N2O2S2. The molecule has 1 saturated heterocycles. The van der Waals surface area contributed by atoms with Gasteiger partial charge in [0.25, 0.3) is 5.91 Å². The zero-order valence-electron chi connectivity index (χ0n) is 18.4. The smallest absolute Gasteiger partial charge is 0.266 e. The van der Waals surface area contributed by atoms with Crippen molar-refractivity contribution in [2.45, 2.75) is 46.0 Å². The van der Waals surface area contributed by atoms with E-state index in [0.717, 1.165) is 23.2 Å². The lowest BCUT2D eigenvalue weighted by Crippen LogP contribution is -2.31. The second kappa shape index (κ2) is 9.79. The highest BCUT2D eigenvalue weighted by molar-refractivity contribution is 8.26. The number of anilines is 1. The molecular weight excluding hydrogens is 424 g/mol. The van der Waals surface area contributed by atoms with Gasteiger partial charge < -0.3 is 5.32 Å². The Kier molecular flexibility index (Phi) is 7.34. The Bertz CT molecular complexity index is 1020. The zero-order chi connectivity index (χ0) is 22.6. The van der Waals surface area contributed by atoms with Crippen molar-refractivity contribution in [2.24, 2.45) is 0 Å². The third-order valence-corrected chi connectivity index (χ3v) is 6.51. The van der Waals surface area contributed by atoms with Gasteiger partial charge in [0.2, 0.25) is 5.91 Å². The minimum atomic E-state index is -0.142. The van der Waals surface area contributed by atoms with Crippen molar-refractivity contribution in [2.75, 3.05) is 11.9 Å². The Morgan fingerprint density at radius 1 is 1.16 bits per heavy atom. The van der Waals surface area contributed by atoms with Crippen LogP contribution in [0.25, 0.3) is 6.08 Å². The normalized spacial score (nSPS) is 15.6. The number of aryl methyl sites for hydroxylation is 1. The fourth-order valence-corrected chi connectivity index (χ4v) is 4.50. The summed E-state index contributed by atoms with van der Waals surface area (Å²) in [5.41, 5.74) is 4.14. The van der Waals surface area contributed by atoms with E-state index in [9.17, 15) is 9.59 Å². The molecule has 3 rings (SSSR count). The van der Waals surface area contributed by atoms with E-state index in [4.69, 9.17) is 12.2 Å². The average molecular weight is 453 g/mol. The van der Waals surface area contributed by atoms with E-state index in [1.54, 1.807) is 0 Å². The van der Waals surface area contributed by atoms with Crippen molar-refractivity contribution in [1.82, 2.24) is 4.90 Å². The SMILES string of the molecule is CCc1ccc(/C=C2/SC(=S)N(CCC(=O)Nc3cccc(C(C)(C)C)c3)C2=O)cc1. The van der Waals surface area contributed by atoms with Crippen LogP contribution in [0.4, 0.5) is 5.69 Å². The summed E-state index contributed by atoms with van der Waals surface area (Å²) >= 11 is 6.67. The summed E-state index contributed by atoms with van der Waals surface area (Å²) in [7, 11) is 0. The quantitative estimate of drug-likeness (QED) is 0.446. The van der Waals surface area contributed by atoms with E-state index in [2.05, 4.69) is 51.2 Å². The molecule has 0 atom stereocenters. The number of thiocarbonyl (C=S) groups is 1. The molecule has 2 aromatic rings. The first-order chi connectivity index (χ1) is 14.7. The van der Waals surface area contributed by atoms with Gasteiger partial charge in [0.1, 0.15) is 4.32 Å². The van der Waals surface area contributed by atoms with E-state index < -0.39 is 0 Å². The Morgan fingerprint density at radius 2 is 1.87 bits per heavy atom. The minimum absolute atomic E-state index is 0.00567. The Labute approximate surface area is 194 Å². The maximum absolute atomic E-state index is 12.8. The van der Waals surface area contributed by atoms with Gasteiger partial charge in [-0.1, -0.05) is 88.1 Å². The molecule has 1 fully saturated rings. The van der Waals surface area contributed by atoms with Crippen molar-refractivity contribution in [3.05, 3.63) is 70.1 Å². The predicted molar refractivity (Wildman–Crippen MR) is 134 cm³/mol. The van der Waals surface area contributed by atoms with Crippen LogP contribution in [0.3, 0.4) is 0 Å². The number of nitrogens with one attached hydrogen (secondary N) is 1. The van der Waals surface area contributed by atoms with Crippen molar-refractivity contribution in [1.29, 1.82) is 0 Å². The summed E-state index contributed by atoms with van der Waals surface area (Å²) in [6.07, 6.45) is 3.02. The topological polar surface area (TPSA) is 49.4 Å². The molecule has 0 spiro atoms. The third kappa shape index (κ3) is 6.05. The molecule has 1 aliphatic rings. The first kappa shape index (κ1) is 23.2. The second-order valence-electron chi connectivity index (χ2n) is 8.56. The van der Waals surface area contributed by atoms with Gasteiger partial charge in [-0.15, -0.1) is 0 Å². The third-order valence-electron chi connectivity index (χ3n) is 5.13. The molecule has 31 heavy (non-hydrogen) atoms. The number of carbonyl (C=O) groups excluding carboxylic acids is 2. The van der Waals surface area contributed by atoms with Crippen LogP contribution >= 0.6 is 24.0 Å². The van der Waals surface area contributed by atoms with Crippen LogP contribution in [0.15, 0.2) is 53.4 Å². The van der Waals surface area contributed by atoms with E-state index >= 15 is 0 Å². The largest absolute Gasteiger partial charge is 0.326 e. The standard InChI is InChI=1S/C25H28N2O2S2/c1-5-17-9-11-18(12-10-17)15-21-23(29)27(24(30)31-21)14-13-22(28)26-20-8-6-7-19(16-20)25(2,3)4/h6-12,15-16H,5,13-14H2,1-4H3,(H,26,28)/b21-15+. The summed E-state index contributed by atoms with van der Waals surface area (Å²) in [5.74, 6) is -0.281. The van der Waals surface area contributed by atoms with Crippen molar-refractivity contribution < 1.29 is 9.59 Å². The van der Waals surface area contributed by atoms with Gasteiger partial charge >= 0.3 is 0 Å². The molecule has 0 aliphatic carbocycles. The van der Waals surface area contributed by atoms with Gasteiger partial charge in [-0.05, 0) is 46.7 Å². The number of hydrogen-bond acceptors (Lipinski definition) is 4. The van der Waals surface area contributed by atoms with Gasteiger partial charge in [0, 0.05) is 18.7 Å². The Morgan fingerprint density at radius 3 is 2.52 bits per heavy atom. The number of carbonyl (C=O) groups is 2. The molecule has 1 heterocycles. The number of benzene rings is 2. The van der Waals surface area contributed by atoms with Gasteiger partial charge in [-0.25, -0.2) is 0 Å². The lowest BCUT2D eigenvalue weighted by atomic mass is 9.87. The van der Waals surface area contributed by atoms with Gasteiger partial charge in [-0.3, -0.25) is 14.5 Å². The number of amides is 2. The summed E-state index contributed by atoms with van der Waals surface area (Å²) in [5, 5.41) is 2.93. The number of thioether (sulfide) groups is 1. The van der Waals surface area contributed by atoms with E-state index in [1.807, 2.05) is 36.4 Å². The van der Waals surface area contributed by atoms with Crippen LogP contribution in [0.1, 0.15) is 50.8 Å². The lowest BCUT2D eigenvalue weighted by Gasteiger charge is -2.20. The van der Waals surface area contributed by atoms with Gasteiger partial charge in [0.15, 0.2) is 0 Å². The molecule has 0 bridgehead atoms. The van der Waals surface area contributed by atoms with E-state index in [1.165, 1.54) is 22.2 Å². The molecule has 0 unspecified atom stereocenters. The molecule has 0 radical (unpaired) electrons. The van der Waals surface area contributed by atoms with Crippen LogP contribution in [0, 0.1) is 0 Å². The maximum atomic E-state index is 12.8. The Hall–Kier alpha value is -2.44. The Balaban J connectivity index is 1.60. The van der Waals surface area contributed by atoms with Crippen LogP contribution in [-0.2, 0) is 21.4 Å². The van der Waals surface area contributed by atoms with Crippen molar-refractivity contribution in [3.63, 3.8) is 0 Å². The summed E-state index contributed by atoms with van der Waals surface area (Å²) in [4.78, 5) is 27.4. The molecule has 2 aromatic carbocycles. The minimum Gasteiger partial charge on any atom is -0.326 e. The van der Waals surface area contributed by atoms with Crippen molar-refractivity contribution >= 4 is 51.9 Å². The maximum Gasteiger partial charge on any atom is 0.266 e. The predicted octanol–water partition coefficient (Wildman–Crippen LogP) is 5.78. The number of hydrogen-bond donors (Lipinski definition) is 1. The monoisotopic (exact) mass is 452 g/mol. The highest BCUT2D eigenvalue weighted by atomic mass is 32.2.